The predicted molar refractivity (Wildman–Crippen MR) is 76.4 cm³/mol. The van der Waals surface area contributed by atoms with E-state index in [0.717, 1.165) is 11.3 Å². The van der Waals surface area contributed by atoms with Crippen LogP contribution in [0.25, 0.3) is 0 Å². The van der Waals surface area contributed by atoms with Crippen LogP contribution in [0.2, 0.25) is 0 Å². The van der Waals surface area contributed by atoms with Crippen molar-refractivity contribution >= 4 is 32.4 Å². The molecule has 1 heterocycles. The summed E-state index contributed by atoms with van der Waals surface area (Å²) in [6.45, 7) is 5.62. The number of hydrogen-bond acceptors (Lipinski definition) is 8. The number of aromatic nitrogens is 2. The van der Waals surface area contributed by atoms with Crippen LogP contribution in [0.3, 0.4) is 0 Å². The second-order valence-electron chi connectivity index (χ2n) is 3.75. The zero-order valence-electron chi connectivity index (χ0n) is 12.0. The van der Waals surface area contributed by atoms with E-state index in [1.807, 2.05) is 0 Å². The summed E-state index contributed by atoms with van der Waals surface area (Å²) >= 11 is 0.760. The Morgan fingerprint density at radius 3 is 2.43 bits per heavy atom. The molecule has 0 saturated heterocycles. The highest BCUT2D eigenvalue weighted by molar-refractivity contribution is 7.91. The third kappa shape index (κ3) is 6.01. The van der Waals surface area contributed by atoms with Crippen LogP contribution in [-0.2, 0) is 24.3 Å². The average Bonchev–Trinajstić information content (AvgIpc) is 2.85. The Bertz CT molecular complexity index is 554. The topological polar surface area (TPSA) is 120 Å². The van der Waals surface area contributed by atoms with E-state index in [0.29, 0.717) is 13.2 Å². The lowest BCUT2D eigenvalue weighted by molar-refractivity contribution is -0.130. The van der Waals surface area contributed by atoms with Crippen molar-refractivity contribution in [1.82, 2.24) is 14.9 Å². The van der Waals surface area contributed by atoms with Gasteiger partial charge in [-0.2, -0.15) is 0 Å². The summed E-state index contributed by atoms with van der Waals surface area (Å²) in [7, 11) is -3.82. The first kappa shape index (κ1) is 17.9. The van der Waals surface area contributed by atoms with Crippen molar-refractivity contribution < 1.29 is 22.7 Å². The maximum absolute atomic E-state index is 12.0. The first-order valence-electron chi connectivity index (χ1n) is 6.23. The molecule has 0 aliphatic heterocycles. The fourth-order valence-corrected chi connectivity index (χ4v) is 3.30. The molecule has 0 fully saturated rings. The van der Waals surface area contributed by atoms with Crippen LogP contribution in [-0.4, -0.2) is 50.6 Å². The maximum Gasteiger partial charge on any atom is 0.270 e. The molecule has 0 radical (unpaired) electrons. The van der Waals surface area contributed by atoms with Crippen LogP contribution in [0.4, 0.5) is 5.13 Å². The van der Waals surface area contributed by atoms with Gasteiger partial charge in [-0.25, -0.2) is 13.1 Å². The Balaban J connectivity index is 2.67. The lowest BCUT2D eigenvalue weighted by atomic mass is 10.6. The van der Waals surface area contributed by atoms with E-state index in [-0.39, 0.29) is 21.9 Å². The minimum atomic E-state index is -3.82. The van der Waals surface area contributed by atoms with Gasteiger partial charge in [-0.15, -0.1) is 10.2 Å². The molecule has 0 aliphatic carbocycles. The summed E-state index contributed by atoms with van der Waals surface area (Å²) < 4.78 is 36.6. The molecule has 9 nitrogen and oxygen atoms in total. The molecule has 2 N–H and O–H groups in total. The second kappa shape index (κ2) is 8.34. The van der Waals surface area contributed by atoms with Gasteiger partial charge >= 0.3 is 0 Å². The molecule has 0 bridgehead atoms. The quantitative estimate of drug-likeness (QED) is 0.486. The van der Waals surface area contributed by atoms with Gasteiger partial charge in [-0.05, 0) is 13.8 Å². The molecular weight excluding hydrogens is 320 g/mol. The molecule has 0 aliphatic rings. The van der Waals surface area contributed by atoms with Crippen LogP contribution in [0, 0.1) is 0 Å². The third-order valence-corrected chi connectivity index (χ3v) is 4.69. The fourth-order valence-electron chi connectivity index (χ4n) is 1.30. The van der Waals surface area contributed by atoms with Crippen LogP contribution in [0.1, 0.15) is 20.8 Å². The molecule has 0 saturated carbocycles. The number of carbonyl (C=O) groups is 1. The van der Waals surface area contributed by atoms with E-state index in [1.54, 1.807) is 13.8 Å². The van der Waals surface area contributed by atoms with Crippen LogP contribution >= 0.6 is 11.3 Å². The summed E-state index contributed by atoms with van der Waals surface area (Å²) in [5, 5.41) is 9.60. The van der Waals surface area contributed by atoms with Gasteiger partial charge in [-0.3, -0.25) is 4.79 Å². The van der Waals surface area contributed by atoms with E-state index in [2.05, 4.69) is 20.2 Å². The highest BCUT2D eigenvalue weighted by Crippen LogP contribution is 2.19. The number of amides is 1. The van der Waals surface area contributed by atoms with Gasteiger partial charge in [0.1, 0.15) is 0 Å². The average molecular weight is 338 g/mol. The number of anilines is 1. The third-order valence-electron chi connectivity index (χ3n) is 2.06. The first-order valence-corrected chi connectivity index (χ1v) is 8.53. The maximum atomic E-state index is 12.0. The molecule has 1 aromatic rings. The van der Waals surface area contributed by atoms with Crippen LogP contribution in [0.5, 0.6) is 0 Å². The van der Waals surface area contributed by atoms with E-state index in [9.17, 15) is 13.2 Å². The van der Waals surface area contributed by atoms with Gasteiger partial charge in [-0.1, -0.05) is 11.3 Å². The monoisotopic (exact) mass is 338 g/mol. The minimum absolute atomic E-state index is 0.0426. The molecule has 0 aromatic carbocycles. The molecule has 1 aromatic heterocycles. The highest BCUT2D eigenvalue weighted by Gasteiger charge is 2.22. The van der Waals surface area contributed by atoms with Gasteiger partial charge in [0.2, 0.25) is 15.4 Å². The zero-order valence-corrected chi connectivity index (χ0v) is 13.6. The standard InChI is InChI=1S/C10H18N4O5S2/c1-4-18-8(19-5-2)6-11-21(16,17)10-14-13-9(20-10)12-7(3)15/h8,11H,4-6H2,1-3H3,(H,12,13,15). The van der Waals surface area contributed by atoms with Crippen molar-refractivity contribution in [2.24, 2.45) is 0 Å². The summed E-state index contributed by atoms with van der Waals surface area (Å²) in [5.41, 5.74) is 0. The van der Waals surface area contributed by atoms with Crippen molar-refractivity contribution in [3.63, 3.8) is 0 Å². The number of carbonyl (C=O) groups excluding carboxylic acids is 1. The highest BCUT2D eigenvalue weighted by atomic mass is 32.2. The minimum Gasteiger partial charge on any atom is -0.352 e. The van der Waals surface area contributed by atoms with Crippen molar-refractivity contribution in [1.29, 1.82) is 0 Å². The van der Waals surface area contributed by atoms with Gasteiger partial charge < -0.3 is 14.8 Å². The van der Waals surface area contributed by atoms with Crippen molar-refractivity contribution in [2.75, 3.05) is 25.1 Å². The SMILES string of the molecule is CCOC(CNS(=O)(=O)c1nnc(NC(C)=O)s1)OCC. The number of rotatable bonds is 9. The Morgan fingerprint density at radius 2 is 1.90 bits per heavy atom. The van der Waals surface area contributed by atoms with E-state index >= 15 is 0 Å². The molecule has 21 heavy (non-hydrogen) atoms. The molecule has 0 spiro atoms. The second-order valence-corrected chi connectivity index (χ2v) is 6.66. The molecule has 11 heteroatoms. The van der Waals surface area contributed by atoms with Crippen molar-refractivity contribution in [3.05, 3.63) is 0 Å². The van der Waals surface area contributed by atoms with E-state index in [4.69, 9.17) is 9.47 Å². The number of nitrogens with zero attached hydrogens (tertiary/aromatic N) is 2. The Kier molecular flexibility index (Phi) is 7.11. The number of nitrogens with one attached hydrogen (secondary N) is 2. The first-order chi connectivity index (χ1) is 9.89. The molecule has 0 atom stereocenters. The number of hydrogen-bond donors (Lipinski definition) is 2. The van der Waals surface area contributed by atoms with Crippen molar-refractivity contribution in [3.8, 4) is 0 Å². The lowest BCUT2D eigenvalue weighted by Crippen LogP contribution is -2.35. The molecule has 120 valence electrons. The number of sulfonamides is 1. The fraction of sp³-hybridized carbons (Fsp3) is 0.700. The number of ether oxygens (including phenoxy) is 2. The molecular formula is C10H18N4O5S2. The largest absolute Gasteiger partial charge is 0.352 e. The summed E-state index contributed by atoms with van der Waals surface area (Å²) in [6.07, 6.45) is -0.669. The van der Waals surface area contributed by atoms with E-state index in [1.165, 1.54) is 6.92 Å². The smallest absolute Gasteiger partial charge is 0.270 e. The van der Waals surface area contributed by atoms with Gasteiger partial charge in [0, 0.05) is 20.1 Å². The Morgan fingerprint density at radius 1 is 1.29 bits per heavy atom. The van der Waals surface area contributed by atoms with Gasteiger partial charge in [0.05, 0.1) is 6.54 Å². The molecule has 1 amide bonds. The van der Waals surface area contributed by atoms with Gasteiger partial charge in [0.15, 0.2) is 6.29 Å². The predicted octanol–water partition coefficient (Wildman–Crippen LogP) is 0.174. The molecule has 1 rings (SSSR count). The lowest BCUT2D eigenvalue weighted by Gasteiger charge is -2.16. The Hall–Kier alpha value is -1.14. The summed E-state index contributed by atoms with van der Waals surface area (Å²) in [6, 6.07) is 0. The summed E-state index contributed by atoms with van der Waals surface area (Å²) in [4.78, 5) is 10.9. The van der Waals surface area contributed by atoms with E-state index < -0.39 is 16.3 Å². The molecule has 0 unspecified atom stereocenters. The normalized spacial score (nSPS) is 11.8. The van der Waals surface area contributed by atoms with Gasteiger partial charge in [0.25, 0.3) is 10.0 Å². The Labute approximate surface area is 127 Å². The summed E-state index contributed by atoms with van der Waals surface area (Å²) in [5.74, 6) is -0.351. The van der Waals surface area contributed by atoms with Crippen LogP contribution < -0.4 is 10.0 Å². The zero-order chi connectivity index (χ0) is 15.9. The van der Waals surface area contributed by atoms with Crippen molar-refractivity contribution in [2.45, 2.75) is 31.4 Å². The van der Waals surface area contributed by atoms with Crippen LogP contribution in [0.15, 0.2) is 4.34 Å².